The van der Waals surface area contributed by atoms with Gasteiger partial charge in [0.15, 0.2) is 0 Å². The number of amides is 1. The number of allylic oxidation sites excluding steroid dienone is 2. The van der Waals surface area contributed by atoms with Crippen LogP contribution in [0.1, 0.15) is 53.4 Å². The molecule has 26 heavy (non-hydrogen) atoms. The molecule has 0 unspecified atom stereocenters. The Morgan fingerprint density at radius 2 is 2.04 bits per heavy atom. The molecular weight excluding hydrogens is 338 g/mol. The molecule has 0 aliphatic heterocycles. The van der Waals surface area contributed by atoms with Gasteiger partial charge in [-0.25, -0.2) is 4.79 Å². The van der Waals surface area contributed by atoms with Crippen LogP contribution in [-0.4, -0.2) is 36.0 Å². The Morgan fingerprint density at radius 1 is 1.35 bits per heavy atom. The summed E-state index contributed by atoms with van der Waals surface area (Å²) in [5, 5.41) is 12.0. The molecule has 0 aromatic rings. The lowest BCUT2D eigenvalue weighted by molar-refractivity contribution is -0.172. The molecule has 2 aliphatic rings. The molecule has 0 heterocycles. The highest BCUT2D eigenvalue weighted by atomic mass is 16.7. The summed E-state index contributed by atoms with van der Waals surface area (Å²) >= 11 is 0. The van der Waals surface area contributed by atoms with Crippen LogP contribution in [0.3, 0.4) is 0 Å². The number of nitrogens with one attached hydrogen (secondary N) is 1. The third-order valence-corrected chi connectivity index (χ3v) is 5.42. The zero-order chi connectivity index (χ0) is 19.5. The number of carbonyl (C=O) groups is 3. The lowest BCUT2D eigenvalue weighted by Gasteiger charge is -2.51. The van der Waals surface area contributed by atoms with Gasteiger partial charge in [-0.1, -0.05) is 32.4 Å². The van der Waals surface area contributed by atoms with E-state index in [0.29, 0.717) is 5.92 Å². The van der Waals surface area contributed by atoms with E-state index in [4.69, 9.17) is 9.47 Å². The maximum Gasteiger partial charge on any atom is 0.410 e. The van der Waals surface area contributed by atoms with Crippen LogP contribution in [0, 0.1) is 23.2 Å². The molecule has 0 bridgehead atoms. The molecule has 0 spiro atoms. The van der Waals surface area contributed by atoms with Crippen LogP contribution in [0.25, 0.3) is 0 Å². The second-order valence-corrected chi connectivity index (χ2v) is 7.79. The van der Waals surface area contributed by atoms with Crippen LogP contribution in [-0.2, 0) is 19.1 Å². The Hall–Kier alpha value is -2.05. The minimum Gasteiger partial charge on any atom is -0.481 e. The van der Waals surface area contributed by atoms with Crippen LogP contribution in [0.4, 0.5) is 4.79 Å². The Balaban J connectivity index is 1.97. The lowest BCUT2D eigenvalue weighted by Crippen LogP contribution is -2.53. The SMILES string of the molecule is CCC1=C[C@@H]2[C@@H](C1)C[C@]2(CNC(=O)O[C@H](OC(C)=O)C(C)C)CC(=O)O. The van der Waals surface area contributed by atoms with Gasteiger partial charge in [-0.3, -0.25) is 9.59 Å². The number of carboxylic acid groups (broad SMARTS) is 1. The van der Waals surface area contributed by atoms with E-state index in [-0.39, 0.29) is 24.8 Å². The average molecular weight is 367 g/mol. The van der Waals surface area contributed by atoms with Gasteiger partial charge in [0.1, 0.15) is 0 Å². The van der Waals surface area contributed by atoms with Crippen molar-refractivity contribution in [1.29, 1.82) is 0 Å². The number of rotatable bonds is 8. The average Bonchev–Trinajstić information content (AvgIpc) is 2.88. The standard InChI is InChI=1S/C19H29NO6/c1-5-13-6-14-8-19(9-16(22)23,15(14)7-13)10-20-18(24)26-17(11(2)3)25-12(4)21/h7,11,14-15,17H,5-6,8-10H2,1-4H3,(H,20,24)(H,22,23)/t14-,15+,17-,19+/m0/s1. The van der Waals surface area contributed by atoms with Crippen molar-refractivity contribution in [3.63, 3.8) is 0 Å². The molecule has 2 aliphatic carbocycles. The Labute approximate surface area is 154 Å². The molecule has 4 atom stereocenters. The number of ether oxygens (including phenoxy) is 2. The number of alkyl carbamates (subject to hydrolysis) is 1. The third-order valence-electron chi connectivity index (χ3n) is 5.42. The van der Waals surface area contributed by atoms with Crippen molar-refractivity contribution in [2.24, 2.45) is 23.2 Å². The quantitative estimate of drug-likeness (QED) is 0.388. The zero-order valence-electron chi connectivity index (χ0n) is 15.9. The van der Waals surface area contributed by atoms with E-state index in [1.165, 1.54) is 12.5 Å². The van der Waals surface area contributed by atoms with Gasteiger partial charge in [-0.15, -0.1) is 0 Å². The summed E-state index contributed by atoms with van der Waals surface area (Å²) in [5.74, 6) is -0.911. The molecule has 2 N–H and O–H groups in total. The van der Waals surface area contributed by atoms with E-state index in [1.54, 1.807) is 13.8 Å². The normalized spacial score (nSPS) is 27.8. The summed E-state index contributed by atoms with van der Waals surface area (Å²) in [7, 11) is 0. The highest BCUT2D eigenvalue weighted by Crippen LogP contribution is 2.59. The van der Waals surface area contributed by atoms with Gasteiger partial charge in [0.05, 0.1) is 6.42 Å². The smallest absolute Gasteiger partial charge is 0.410 e. The largest absolute Gasteiger partial charge is 0.481 e. The Morgan fingerprint density at radius 3 is 2.58 bits per heavy atom. The van der Waals surface area contributed by atoms with Gasteiger partial charge in [-0.05, 0) is 31.1 Å². The summed E-state index contributed by atoms with van der Waals surface area (Å²) in [6.45, 7) is 7.15. The molecule has 1 saturated carbocycles. The first-order valence-corrected chi connectivity index (χ1v) is 9.20. The number of aliphatic carboxylic acids is 1. The minimum atomic E-state index is -0.963. The molecule has 1 fully saturated rings. The van der Waals surface area contributed by atoms with Crippen molar-refractivity contribution in [1.82, 2.24) is 5.32 Å². The number of carboxylic acids is 1. The number of fused-ring (bicyclic) bond motifs is 1. The number of hydrogen-bond donors (Lipinski definition) is 2. The minimum absolute atomic E-state index is 0.0134. The fraction of sp³-hybridized carbons (Fsp3) is 0.737. The third kappa shape index (κ3) is 4.56. The second-order valence-electron chi connectivity index (χ2n) is 7.79. The molecule has 1 amide bonds. The fourth-order valence-corrected chi connectivity index (χ4v) is 4.16. The molecule has 2 rings (SSSR count). The van der Waals surface area contributed by atoms with Crippen LogP contribution in [0.2, 0.25) is 0 Å². The first kappa shape index (κ1) is 20.3. The predicted octanol–water partition coefficient (Wildman–Crippen LogP) is 3.10. The monoisotopic (exact) mass is 367 g/mol. The van der Waals surface area contributed by atoms with E-state index in [2.05, 4.69) is 18.3 Å². The van der Waals surface area contributed by atoms with Gasteiger partial charge < -0.3 is 19.9 Å². The van der Waals surface area contributed by atoms with Crippen molar-refractivity contribution in [3.8, 4) is 0 Å². The molecule has 0 saturated heterocycles. The Bertz CT molecular complexity index is 599. The summed E-state index contributed by atoms with van der Waals surface area (Å²) in [6.07, 6.45) is 3.33. The van der Waals surface area contributed by atoms with Gasteiger partial charge >= 0.3 is 18.0 Å². The number of hydrogen-bond acceptors (Lipinski definition) is 5. The number of carbonyl (C=O) groups excluding carboxylic acids is 2. The van der Waals surface area contributed by atoms with Crippen molar-refractivity contribution in [2.75, 3.05) is 6.54 Å². The second kappa shape index (κ2) is 8.10. The highest BCUT2D eigenvalue weighted by molar-refractivity contribution is 5.70. The summed E-state index contributed by atoms with van der Waals surface area (Å²) < 4.78 is 10.2. The van der Waals surface area contributed by atoms with Crippen molar-refractivity contribution in [2.45, 2.75) is 59.7 Å². The number of esters is 1. The lowest BCUT2D eigenvalue weighted by atomic mass is 9.53. The van der Waals surface area contributed by atoms with Crippen LogP contribution < -0.4 is 5.32 Å². The zero-order valence-corrected chi connectivity index (χ0v) is 15.9. The van der Waals surface area contributed by atoms with Crippen LogP contribution >= 0.6 is 0 Å². The van der Waals surface area contributed by atoms with E-state index < -0.39 is 29.7 Å². The van der Waals surface area contributed by atoms with Gasteiger partial charge in [0.25, 0.3) is 6.29 Å². The van der Waals surface area contributed by atoms with E-state index in [9.17, 15) is 19.5 Å². The van der Waals surface area contributed by atoms with E-state index in [1.807, 2.05) is 0 Å². The molecule has 7 nitrogen and oxygen atoms in total. The van der Waals surface area contributed by atoms with Gasteiger partial charge in [-0.2, -0.15) is 0 Å². The fourth-order valence-electron chi connectivity index (χ4n) is 4.16. The molecule has 0 radical (unpaired) electrons. The Kier molecular flexibility index (Phi) is 6.31. The van der Waals surface area contributed by atoms with E-state index >= 15 is 0 Å². The van der Waals surface area contributed by atoms with Crippen molar-refractivity contribution in [3.05, 3.63) is 11.6 Å². The van der Waals surface area contributed by atoms with E-state index in [0.717, 1.165) is 19.3 Å². The topological polar surface area (TPSA) is 102 Å². The summed E-state index contributed by atoms with van der Waals surface area (Å²) in [5.41, 5.74) is 0.894. The van der Waals surface area contributed by atoms with Crippen LogP contribution in [0.5, 0.6) is 0 Å². The molecule has 0 aromatic heterocycles. The maximum absolute atomic E-state index is 12.1. The first-order chi connectivity index (χ1) is 12.2. The molecule has 7 heteroatoms. The van der Waals surface area contributed by atoms with Gasteiger partial charge in [0.2, 0.25) is 0 Å². The molecule has 146 valence electrons. The predicted molar refractivity (Wildman–Crippen MR) is 94.1 cm³/mol. The maximum atomic E-state index is 12.1. The molecular formula is C19H29NO6. The van der Waals surface area contributed by atoms with Gasteiger partial charge in [0, 0.05) is 24.8 Å². The first-order valence-electron chi connectivity index (χ1n) is 9.20. The summed E-state index contributed by atoms with van der Waals surface area (Å²) in [6, 6.07) is 0. The summed E-state index contributed by atoms with van der Waals surface area (Å²) in [4.78, 5) is 34.6. The highest BCUT2D eigenvalue weighted by Gasteiger charge is 2.55. The van der Waals surface area contributed by atoms with Crippen LogP contribution in [0.15, 0.2) is 11.6 Å². The van der Waals surface area contributed by atoms with Crippen molar-refractivity contribution < 1.29 is 29.0 Å². The molecule has 0 aromatic carbocycles. The van der Waals surface area contributed by atoms with Crippen molar-refractivity contribution >= 4 is 18.0 Å².